The van der Waals surface area contributed by atoms with E-state index in [2.05, 4.69) is 28.3 Å². The molecule has 17 heavy (non-hydrogen) atoms. The fraction of sp³-hybridized carbons (Fsp3) is 0.615. The molecule has 1 saturated heterocycles. The van der Waals surface area contributed by atoms with Crippen molar-refractivity contribution >= 4 is 17.3 Å². The summed E-state index contributed by atoms with van der Waals surface area (Å²) in [5.41, 5.74) is 2.10. The molecule has 0 aromatic carbocycles. The summed E-state index contributed by atoms with van der Waals surface area (Å²) in [4.78, 5) is 6.54. The van der Waals surface area contributed by atoms with E-state index in [1.807, 2.05) is 13.1 Å². The Hall–Kier alpha value is -0.800. The maximum Gasteiger partial charge on any atom is 0.132 e. The monoisotopic (exact) mass is 253 g/mol. The zero-order chi connectivity index (χ0) is 12.3. The molecule has 0 aliphatic carbocycles. The number of aromatic nitrogens is 1. The predicted molar refractivity (Wildman–Crippen MR) is 72.7 cm³/mol. The molecule has 0 unspecified atom stereocenters. The summed E-state index contributed by atoms with van der Waals surface area (Å²) in [6.45, 7) is 5.45. The molecule has 2 heterocycles. The lowest BCUT2D eigenvalue weighted by Crippen LogP contribution is -2.32. The number of nitrogens with one attached hydrogen (secondary N) is 1. The van der Waals surface area contributed by atoms with Gasteiger partial charge in [-0.2, -0.15) is 0 Å². The molecule has 0 atom stereocenters. The quantitative estimate of drug-likeness (QED) is 0.840. The Labute approximate surface area is 108 Å². The molecular weight excluding hydrogens is 234 g/mol. The molecule has 0 saturated carbocycles. The second kappa shape index (κ2) is 5.69. The van der Waals surface area contributed by atoms with Crippen LogP contribution in [0.4, 0.5) is 5.69 Å². The summed E-state index contributed by atoms with van der Waals surface area (Å²) < 4.78 is 0. The molecule has 0 radical (unpaired) electrons. The number of hydrogen-bond acceptors (Lipinski definition) is 3. The molecule has 1 aliphatic rings. The molecule has 94 valence electrons. The molecule has 1 aliphatic heterocycles. The summed E-state index contributed by atoms with van der Waals surface area (Å²) in [7, 11) is 2.19. The highest BCUT2D eigenvalue weighted by Crippen LogP contribution is 2.19. The third kappa shape index (κ3) is 3.58. The van der Waals surface area contributed by atoms with Crippen molar-refractivity contribution in [2.75, 3.05) is 32.0 Å². The van der Waals surface area contributed by atoms with Gasteiger partial charge < -0.3 is 10.2 Å². The minimum atomic E-state index is 0.592. The first-order valence-corrected chi connectivity index (χ1v) is 6.57. The van der Waals surface area contributed by atoms with Gasteiger partial charge in [0, 0.05) is 6.54 Å². The zero-order valence-corrected chi connectivity index (χ0v) is 11.3. The van der Waals surface area contributed by atoms with Crippen LogP contribution < -0.4 is 5.32 Å². The smallest absolute Gasteiger partial charge is 0.132 e. The van der Waals surface area contributed by atoms with E-state index in [-0.39, 0.29) is 0 Å². The largest absolute Gasteiger partial charge is 0.384 e. The summed E-state index contributed by atoms with van der Waals surface area (Å²) in [5, 5.41) is 4.05. The summed E-state index contributed by atoms with van der Waals surface area (Å²) in [6, 6.07) is 2.06. The van der Waals surface area contributed by atoms with Crippen LogP contribution >= 0.6 is 11.6 Å². The third-order valence-electron chi connectivity index (χ3n) is 3.45. The maximum atomic E-state index is 5.90. The lowest BCUT2D eigenvalue weighted by Gasteiger charge is -2.29. The molecule has 4 heteroatoms. The van der Waals surface area contributed by atoms with Crippen molar-refractivity contribution in [1.82, 2.24) is 9.88 Å². The molecule has 1 aromatic rings. The number of likely N-dealkylation sites (tertiary alicyclic amines) is 1. The Morgan fingerprint density at radius 1 is 1.47 bits per heavy atom. The van der Waals surface area contributed by atoms with Gasteiger partial charge in [0.05, 0.1) is 11.9 Å². The average molecular weight is 254 g/mol. The summed E-state index contributed by atoms with van der Waals surface area (Å²) in [5.74, 6) is 0.780. The van der Waals surface area contributed by atoms with Crippen molar-refractivity contribution in [2.24, 2.45) is 5.92 Å². The van der Waals surface area contributed by atoms with Gasteiger partial charge in [-0.3, -0.25) is 0 Å². The van der Waals surface area contributed by atoms with Crippen molar-refractivity contribution < 1.29 is 0 Å². The van der Waals surface area contributed by atoms with E-state index in [4.69, 9.17) is 11.6 Å². The third-order valence-corrected chi connectivity index (χ3v) is 3.84. The first-order chi connectivity index (χ1) is 8.15. The van der Waals surface area contributed by atoms with Crippen molar-refractivity contribution in [3.63, 3.8) is 0 Å². The van der Waals surface area contributed by atoms with E-state index in [0.29, 0.717) is 5.15 Å². The Bertz CT molecular complexity index is 373. The van der Waals surface area contributed by atoms with Gasteiger partial charge in [-0.1, -0.05) is 11.6 Å². The molecule has 1 fully saturated rings. The van der Waals surface area contributed by atoms with Gasteiger partial charge in [0.25, 0.3) is 0 Å². The molecule has 1 N–H and O–H groups in total. The van der Waals surface area contributed by atoms with Gasteiger partial charge >= 0.3 is 0 Å². The second-order valence-corrected chi connectivity index (χ2v) is 5.32. The maximum absolute atomic E-state index is 5.90. The van der Waals surface area contributed by atoms with E-state index in [9.17, 15) is 0 Å². The van der Waals surface area contributed by atoms with Crippen LogP contribution in [0.1, 0.15) is 18.4 Å². The number of aryl methyl sites for hydroxylation is 1. The Balaban J connectivity index is 1.83. The van der Waals surface area contributed by atoms with Gasteiger partial charge in [0.1, 0.15) is 5.15 Å². The van der Waals surface area contributed by atoms with Crippen LogP contribution in [0.25, 0.3) is 0 Å². The lowest BCUT2D eigenvalue weighted by molar-refractivity contribution is 0.226. The van der Waals surface area contributed by atoms with Crippen LogP contribution in [0.5, 0.6) is 0 Å². The van der Waals surface area contributed by atoms with Crippen LogP contribution in [0.2, 0.25) is 5.15 Å². The summed E-state index contributed by atoms with van der Waals surface area (Å²) >= 11 is 5.90. The minimum Gasteiger partial charge on any atom is -0.384 e. The van der Waals surface area contributed by atoms with Gasteiger partial charge in [-0.15, -0.1) is 0 Å². The normalized spacial score (nSPS) is 18.3. The molecular formula is C13H20ClN3. The number of pyridine rings is 1. The van der Waals surface area contributed by atoms with Gasteiger partial charge in [0.2, 0.25) is 0 Å². The van der Waals surface area contributed by atoms with E-state index in [0.717, 1.165) is 23.7 Å². The molecule has 0 spiro atoms. The van der Waals surface area contributed by atoms with Crippen molar-refractivity contribution in [3.05, 3.63) is 23.0 Å². The SMILES string of the molecule is Cc1cc(NCC2CCN(C)CC2)cnc1Cl. The highest BCUT2D eigenvalue weighted by Gasteiger charge is 2.16. The highest BCUT2D eigenvalue weighted by molar-refractivity contribution is 6.30. The van der Waals surface area contributed by atoms with Crippen LogP contribution in [0, 0.1) is 12.8 Å². The standard InChI is InChI=1S/C13H20ClN3/c1-10-7-12(9-16-13(10)14)15-8-11-3-5-17(2)6-4-11/h7,9,11,15H,3-6,8H2,1-2H3. The number of nitrogens with zero attached hydrogens (tertiary/aromatic N) is 2. The number of anilines is 1. The Kier molecular flexibility index (Phi) is 4.24. The van der Waals surface area contributed by atoms with E-state index in [1.54, 1.807) is 0 Å². The Morgan fingerprint density at radius 2 is 2.18 bits per heavy atom. The van der Waals surface area contributed by atoms with Gasteiger partial charge in [-0.05, 0) is 57.5 Å². The van der Waals surface area contributed by atoms with Crippen molar-refractivity contribution in [1.29, 1.82) is 0 Å². The first-order valence-electron chi connectivity index (χ1n) is 6.19. The average Bonchev–Trinajstić information content (AvgIpc) is 2.33. The van der Waals surface area contributed by atoms with Gasteiger partial charge in [-0.25, -0.2) is 4.98 Å². The van der Waals surface area contributed by atoms with E-state index in [1.165, 1.54) is 25.9 Å². The predicted octanol–water partition coefficient (Wildman–Crippen LogP) is 2.80. The number of hydrogen-bond donors (Lipinski definition) is 1. The van der Waals surface area contributed by atoms with Crippen LogP contribution in [-0.2, 0) is 0 Å². The minimum absolute atomic E-state index is 0.592. The number of piperidine rings is 1. The summed E-state index contributed by atoms with van der Waals surface area (Å²) in [6.07, 6.45) is 4.37. The lowest BCUT2D eigenvalue weighted by atomic mass is 9.97. The first kappa shape index (κ1) is 12.7. The topological polar surface area (TPSA) is 28.2 Å². The van der Waals surface area contributed by atoms with E-state index >= 15 is 0 Å². The number of rotatable bonds is 3. The molecule has 0 bridgehead atoms. The highest BCUT2D eigenvalue weighted by atomic mass is 35.5. The second-order valence-electron chi connectivity index (χ2n) is 4.96. The fourth-order valence-electron chi connectivity index (χ4n) is 2.18. The molecule has 2 rings (SSSR count). The number of halogens is 1. The van der Waals surface area contributed by atoms with Crippen LogP contribution in [0.3, 0.4) is 0 Å². The van der Waals surface area contributed by atoms with Gasteiger partial charge in [0.15, 0.2) is 0 Å². The van der Waals surface area contributed by atoms with E-state index < -0.39 is 0 Å². The molecule has 3 nitrogen and oxygen atoms in total. The van der Waals surface area contributed by atoms with Crippen LogP contribution in [-0.4, -0.2) is 36.6 Å². The van der Waals surface area contributed by atoms with Crippen molar-refractivity contribution in [2.45, 2.75) is 19.8 Å². The molecule has 0 amide bonds. The molecule has 1 aromatic heterocycles. The zero-order valence-electron chi connectivity index (χ0n) is 10.5. The van der Waals surface area contributed by atoms with Crippen LogP contribution in [0.15, 0.2) is 12.3 Å². The fourth-order valence-corrected chi connectivity index (χ4v) is 2.29. The van der Waals surface area contributed by atoms with Crippen molar-refractivity contribution in [3.8, 4) is 0 Å². The Morgan fingerprint density at radius 3 is 2.82 bits per heavy atom.